The zero-order chi connectivity index (χ0) is 17.4. The number of thiocarbonyl (C=S) groups is 2. The number of rotatable bonds is 10. The Bertz CT molecular complexity index is 263. The van der Waals surface area contributed by atoms with Crippen molar-refractivity contribution < 1.29 is 17.1 Å². The van der Waals surface area contributed by atoms with Crippen LogP contribution in [-0.2, 0) is 42.3 Å². The van der Waals surface area contributed by atoms with E-state index in [1.54, 1.807) is 0 Å². The van der Waals surface area contributed by atoms with Gasteiger partial charge in [0.05, 0.1) is 0 Å². The molecule has 0 rings (SSSR count). The molecule has 0 spiro atoms. The van der Waals surface area contributed by atoms with Gasteiger partial charge in [0.1, 0.15) is 0 Å². The van der Waals surface area contributed by atoms with E-state index in [0.29, 0.717) is 8.64 Å². The van der Waals surface area contributed by atoms with Crippen molar-refractivity contribution in [2.45, 2.75) is 65.2 Å². The molecule has 7 heteroatoms. The molecule has 0 saturated heterocycles. The van der Waals surface area contributed by atoms with E-state index in [9.17, 15) is 0 Å². The van der Waals surface area contributed by atoms with Crippen LogP contribution in [0.3, 0.4) is 0 Å². The summed E-state index contributed by atoms with van der Waals surface area (Å²) in [5, 5.41) is 0. The zero-order valence-electron chi connectivity index (χ0n) is 14.9. The number of unbranched alkanes of at least 4 members (excludes halogenated alkanes) is 6. The topological polar surface area (TPSA) is 6.48 Å². The normalized spacial score (nSPS) is 9.22. The molecule has 0 atom stereocenters. The van der Waals surface area contributed by atoms with Crippen LogP contribution < -0.4 is 0 Å². The first kappa shape index (κ1) is 28.5. The van der Waals surface area contributed by atoms with Crippen LogP contribution in [0.1, 0.15) is 65.2 Å². The van der Waals surface area contributed by atoms with Crippen LogP contribution in [-0.4, -0.2) is 45.6 Å². The van der Waals surface area contributed by atoms with Gasteiger partial charge in [-0.25, -0.2) is 0 Å². The molecule has 0 N–H and O–H groups in total. The van der Waals surface area contributed by atoms with Crippen molar-refractivity contribution in [1.82, 2.24) is 9.80 Å². The Labute approximate surface area is 176 Å². The van der Waals surface area contributed by atoms with Gasteiger partial charge in [0.25, 0.3) is 0 Å². The Balaban J connectivity index is -0.000000333. The monoisotopic (exact) mass is 443 g/mol. The molecule has 0 aromatic carbocycles. The fourth-order valence-electron chi connectivity index (χ4n) is 1.73. The summed E-state index contributed by atoms with van der Waals surface area (Å²) in [6, 6.07) is 0. The molecule has 0 amide bonds. The summed E-state index contributed by atoms with van der Waals surface area (Å²) >= 11 is 19.3. The molecule has 0 aliphatic carbocycles. The molecule has 0 fully saturated rings. The van der Waals surface area contributed by atoms with Gasteiger partial charge < -0.3 is 59.5 Å². The molecule has 0 aromatic heterocycles. The number of nitrogens with zero attached hydrogens (tertiary/aromatic N) is 2. The minimum atomic E-state index is 0. The summed E-state index contributed by atoms with van der Waals surface area (Å²) in [6.45, 7) is 6.45. The summed E-state index contributed by atoms with van der Waals surface area (Å²) in [5.74, 6) is 0. The third-order valence-electron chi connectivity index (χ3n) is 3.32. The van der Waals surface area contributed by atoms with Gasteiger partial charge in [-0.3, -0.25) is 0 Å². The average molecular weight is 444 g/mol. The van der Waals surface area contributed by atoms with Crippen LogP contribution in [0, 0.1) is 0 Å². The van der Waals surface area contributed by atoms with Crippen molar-refractivity contribution in [1.29, 1.82) is 0 Å². The molecule has 0 aliphatic heterocycles. The minimum absolute atomic E-state index is 0. The van der Waals surface area contributed by atoms with Gasteiger partial charge in [-0.2, -0.15) is 0 Å². The molecule has 1 radical (unpaired) electrons. The van der Waals surface area contributed by atoms with Gasteiger partial charge in [0.15, 0.2) is 0 Å². The van der Waals surface area contributed by atoms with Gasteiger partial charge in [-0.15, -0.1) is 0 Å². The quantitative estimate of drug-likeness (QED) is 0.208. The predicted molar refractivity (Wildman–Crippen MR) is 113 cm³/mol. The van der Waals surface area contributed by atoms with Gasteiger partial charge in [0.2, 0.25) is 0 Å². The molecular weight excluding hydrogens is 412 g/mol. The average Bonchev–Trinajstić information content (AvgIpc) is 2.48. The molecule has 0 bridgehead atoms. The van der Waals surface area contributed by atoms with E-state index < -0.39 is 0 Å². The van der Waals surface area contributed by atoms with Gasteiger partial charge >= 0.3 is 17.1 Å². The third-order valence-corrected chi connectivity index (χ3v) is 4.56. The first-order chi connectivity index (χ1) is 10.4. The van der Waals surface area contributed by atoms with E-state index in [-0.39, 0.29) is 17.1 Å². The van der Waals surface area contributed by atoms with Crippen molar-refractivity contribution in [3.05, 3.63) is 0 Å². The summed E-state index contributed by atoms with van der Waals surface area (Å²) in [5.41, 5.74) is 0. The Kier molecular flexibility index (Phi) is 25.8. The maximum Gasteiger partial charge on any atom is 2.00 e. The predicted octanol–water partition coefficient (Wildman–Crippen LogP) is 4.66. The smallest absolute Gasteiger partial charge is 0.411 e. The standard InChI is InChI=1S/2C8H17NS2.Cu/c2*1-3-4-5-6-7-9(2)8(10)11;/h2*3-7H2,1-2H3,(H,10,11);/q;;+2/p-2. The second-order valence-corrected chi connectivity index (χ2v) is 7.56. The van der Waals surface area contributed by atoms with Crippen LogP contribution in [0.2, 0.25) is 0 Å². The molecule has 0 aromatic rings. The molecular formula is C16H32CuN2S4. The van der Waals surface area contributed by atoms with Gasteiger partial charge in [-0.1, -0.05) is 61.0 Å². The van der Waals surface area contributed by atoms with E-state index in [1.807, 2.05) is 23.9 Å². The first-order valence-electron chi connectivity index (χ1n) is 8.20. The van der Waals surface area contributed by atoms with Crippen molar-refractivity contribution in [2.75, 3.05) is 27.2 Å². The van der Waals surface area contributed by atoms with Crippen molar-refractivity contribution in [3.63, 3.8) is 0 Å². The summed E-state index contributed by atoms with van der Waals surface area (Å²) in [7, 11) is 3.92. The fraction of sp³-hybridized carbons (Fsp3) is 0.875. The molecule has 2 nitrogen and oxygen atoms in total. The van der Waals surface area contributed by atoms with E-state index in [2.05, 4.69) is 13.8 Å². The molecule has 0 heterocycles. The van der Waals surface area contributed by atoms with Crippen LogP contribution in [0.25, 0.3) is 0 Å². The van der Waals surface area contributed by atoms with Crippen molar-refractivity contribution in [3.8, 4) is 0 Å². The van der Waals surface area contributed by atoms with Crippen LogP contribution >= 0.6 is 24.4 Å². The first-order valence-corrected chi connectivity index (χ1v) is 9.84. The Morgan fingerprint density at radius 3 is 1.22 bits per heavy atom. The summed E-state index contributed by atoms with van der Waals surface area (Å²) < 4.78 is 1.17. The summed E-state index contributed by atoms with van der Waals surface area (Å²) in [6.07, 6.45) is 10.2. The Morgan fingerprint density at radius 1 is 0.696 bits per heavy atom. The zero-order valence-corrected chi connectivity index (χ0v) is 19.1. The van der Waals surface area contributed by atoms with Crippen LogP contribution in [0.4, 0.5) is 0 Å². The third kappa shape index (κ3) is 22.7. The second-order valence-electron chi connectivity index (χ2n) is 5.50. The van der Waals surface area contributed by atoms with Gasteiger partial charge in [0, 0.05) is 27.2 Å². The molecule has 0 unspecified atom stereocenters. The SMILES string of the molecule is CCCCCCN(C)C(=S)[S-].CCCCCCN(C)C(=S)[S-].[Cu+2]. The number of hydrogen-bond acceptors (Lipinski definition) is 4. The van der Waals surface area contributed by atoms with E-state index >= 15 is 0 Å². The fourth-order valence-corrected chi connectivity index (χ4v) is 2.10. The maximum absolute atomic E-state index is 4.84. The summed E-state index contributed by atoms with van der Waals surface area (Å²) in [4.78, 5) is 3.92. The van der Waals surface area contributed by atoms with E-state index in [1.165, 1.54) is 51.4 Å². The Morgan fingerprint density at radius 2 is 1.00 bits per heavy atom. The van der Waals surface area contributed by atoms with Crippen LogP contribution in [0.5, 0.6) is 0 Å². The number of hydrogen-bond donors (Lipinski definition) is 0. The van der Waals surface area contributed by atoms with Crippen LogP contribution in [0.15, 0.2) is 0 Å². The van der Waals surface area contributed by atoms with Crippen molar-refractivity contribution >= 4 is 58.3 Å². The maximum atomic E-state index is 4.84. The van der Waals surface area contributed by atoms with E-state index in [4.69, 9.17) is 49.7 Å². The largest absolute Gasteiger partial charge is 2.00 e. The molecule has 0 aliphatic rings. The molecule has 23 heavy (non-hydrogen) atoms. The minimum Gasteiger partial charge on any atom is -0.411 e. The van der Waals surface area contributed by atoms with Crippen molar-refractivity contribution in [2.24, 2.45) is 0 Å². The molecule has 0 saturated carbocycles. The second kappa shape index (κ2) is 20.8. The van der Waals surface area contributed by atoms with E-state index in [0.717, 1.165) is 13.1 Å². The van der Waals surface area contributed by atoms with Gasteiger partial charge in [-0.05, 0) is 12.8 Å². The Hall–Kier alpha value is 0.739. The molecule has 141 valence electrons.